The lowest BCUT2D eigenvalue weighted by atomic mass is 9.99. The summed E-state index contributed by atoms with van der Waals surface area (Å²) in [6.45, 7) is 4.67. The fourth-order valence-electron chi connectivity index (χ4n) is 1.92. The van der Waals surface area contributed by atoms with Crippen LogP contribution in [-0.4, -0.2) is 35.7 Å². The highest BCUT2D eigenvalue weighted by molar-refractivity contribution is 5.75. The molecular formula is C12H21F3N2O. The summed E-state index contributed by atoms with van der Waals surface area (Å²) in [4.78, 5) is 13.4. The minimum atomic E-state index is -4.36. The van der Waals surface area contributed by atoms with Gasteiger partial charge in [0.05, 0.1) is 0 Å². The lowest BCUT2D eigenvalue weighted by molar-refractivity contribution is -0.123. The molecule has 2 unspecified atom stereocenters. The van der Waals surface area contributed by atoms with Gasteiger partial charge in [-0.25, -0.2) is 4.79 Å². The minimum absolute atomic E-state index is 0.0317. The summed E-state index contributed by atoms with van der Waals surface area (Å²) in [5, 5.41) is 1.97. The highest BCUT2D eigenvalue weighted by atomic mass is 19.4. The Morgan fingerprint density at radius 2 is 1.94 bits per heavy atom. The normalized spacial score (nSPS) is 19.2. The zero-order chi connectivity index (χ0) is 13.9. The van der Waals surface area contributed by atoms with Crippen molar-refractivity contribution in [2.45, 2.75) is 58.3 Å². The van der Waals surface area contributed by atoms with E-state index in [-0.39, 0.29) is 18.0 Å². The molecular weight excluding hydrogens is 245 g/mol. The van der Waals surface area contributed by atoms with Gasteiger partial charge in [-0.1, -0.05) is 20.3 Å². The van der Waals surface area contributed by atoms with Crippen molar-refractivity contribution in [2.75, 3.05) is 6.54 Å². The van der Waals surface area contributed by atoms with Crippen molar-refractivity contribution in [1.82, 2.24) is 10.2 Å². The van der Waals surface area contributed by atoms with Crippen molar-refractivity contribution in [2.24, 2.45) is 5.92 Å². The fourth-order valence-corrected chi connectivity index (χ4v) is 1.92. The molecule has 3 nitrogen and oxygen atoms in total. The van der Waals surface area contributed by atoms with Crippen LogP contribution in [0.1, 0.15) is 40.0 Å². The summed E-state index contributed by atoms with van der Waals surface area (Å²) in [6, 6.07) is -0.513. The maximum atomic E-state index is 12.1. The monoisotopic (exact) mass is 266 g/mol. The molecule has 1 saturated carbocycles. The maximum Gasteiger partial charge on any atom is 0.405 e. The van der Waals surface area contributed by atoms with Gasteiger partial charge in [0.15, 0.2) is 0 Å². The van der Waals surface area contributed by atoms with Crippen molar-refractivity contribution in [3.8, 4) is 0 Å². The average Bonchev–Trinajstić information content (AvgIpc) is 3.08. The highest BCUT2D eigenvalue weighted by Crippen LogP contribution is 2.31. The number of amides is 2. The van der Waals surface area contributed by atoms with Gasteiger partial charge in [-0.3, -0.25) is 0 Å². The van der Waals surface area contributed by atoms with Crippen LogP contribution in [0.15, 0.2) is 0 Å². The van der Waals surface area contributed by atoms with E-state index in [1.54, 1.807) is 4.90 Å². The molecule has 1 fully saturated rings. The second-order valence-corrected chi connectivity index (χ2v) is 5.04. The van der Waals surface area contributed by atoms with Crippen LogP contribution in [-0.2, 0) is 0 Å². The minimum Gasteiger partial charge on any atom is -0.329 e. The first-order valence-electron chi connectivity index (χ1n) is 6.39. The van der Waals surface area contributed by atoms with Crippen LogP contribution in [0.4, 0.5) is 18.0 Å². The second kappa shape index (κ2) is 5.80. The van der Waals surface area contributed by atoms with Crippen LogP contribution < -0.4 is 5.32 Å². The number of nitrogens with one attached hydrogen (secondary N) is 1. The number of hydrogen-bond donors (Lipinski definition) is 1. The van der Waals surface area contributed by atoms with Crippen LogP contribution in [0.5, 0.6) is 0 Å². The van der Waals surface area contributed by atoms with Crippen LogP contribution >= 0.6 is 0 Å². The summed E-state index contributed by atoms with van der Waals surface area (Å²) in [6.07, 6.45) is -1.68. The number of rotatable bonds is 5. The molecule has 18 heavy (non-hydrogen) atoms. The molecule has 1 N–H and O–H groups in total. The van der Waals surface area contributed by atoms with Gasteiger partial charge < -0.3 is 10.2 Å². The molecule has 106 valence electrons. The quantitative estimate of drug-likeness (QED) is 0.814. The first-order valence-corrected chi connectivity index (χ1v) is 6.39. The van der Waals surface area contributed by atoms with Gasteiger partial charge in [-0.2, -0.15) is 13.2 Å². The first kappa shape index (κ1) is 15.1. The number of alkyl halides is 3. The van der Waals surface area contributed by atoms with Crippen LogP contribution in [0.2, 0.25) is 0 Å². The Balaban J connectivity index is 2.59. The molecule has 0 saturated heterocycles. The van der Waals surface area contributed by atoms with Gasteiger partial charge in [0.1, 0.15) is 6.54 Å². The van der Waals surface area contributed by atoms with Crippen LogP contribution in [0.3, 0.4) is 0 Å². The second-order valence-electron chi connectivity index (χ2n) is 5.04. The van der Waals surface area contributed by atoms with Gasteiger partial charge in [0.25, 0.3) is 0 Å². The van der Waals surface area contributed by atoms with Gasteiger partial charge in [0.2, 0.25) is 0 Å². The predicted octanol–water partition coefficient (Wildman–Crippen LogP) is 3.16. The van der Waals surface area contributed by atoms with Crippen LogP contribution in [0, 0.1) is 5.92 Å². The summed E-state index contributed by atoms with van der Waals surface area (Å²) >= 11 is 0. The molecule has 0 aliphatic heterocycles. The summed E-state index contributed by atoms with van der Waals surface area (Å²) in [7, 11) is 0. The van der Waals surface area contributed by atoms with E-state index in [9.17, 15) is 18.0 Å². The van der Waals surface area contributed by atoms with Gasteiger partial charge in [-0.05, 0) is 25.7 Å². The zero-order valence-electron chi connectivity index (χ0n) is 11.0. The van der Waals surface area contributed by atoms with Crippen molar-refractivity contribution in [3.05, 3.63) is 0 Å². The number of carbonyl (C=O) groups excluding carboxylic acids is 1. The predicted molar refractivity (Wildman–Crippen MR) is 63.2 cm³/mol. The Labute approximate surface area is 106 Å². The van der Waals surface area contributed by atoms with Crippen molar-refractivity contribution >= 4 is 6.03 Å². The van der Waals surface area contributed by atoms with E-state index in [1.807, 2.05) is 26.1 Å². The van der Waals surface area contributed by atoms with E-state index in [1.165, 1.54) is 0 Å². The molecule has 0 aromatic carbocycles. The molecule has 0 heterocycles. The number of hydrogen-bond acceptors (Lipinski definition) is 1. The Hall–Kier alpha value is -0.940. The van der Waals surface area contributed by atoms with E-state index >= 15 is 0 Å². The summed E-state index contributed by atoms with van der Waals surface area (Å²) < 4.78 is 36.3. The smallest absolute Gasteiger partial charge is 0.329 e. The van der Waals surface area contributed by atoms with E-state index in [0.29, 0.717) is 0 Å². The molecule has 0 radical (unpaired) electrons. The SMILES string of the molecule is CCC(C)C(C)N(C(=O)NCC(F)(F)F)C1CC1. The van der Waals surface area contributed by atoms with Crippen LogP contribution in [0.25, 0.3) is 0 Å². The fraction of sp³-hybridized carbons (Fsp3) is 0.917. The molecule has 2 amide bonds. The Bertz CT molecular complexity index is 290. The Morgan fingerprint density at radius 3 is 2.33 bits per heavy atom. The largest absolute Gasteiger partial charge is 0.405 e. The van der Waals surface area contributed by atoms with Gasteiger partial charge >= 0.3 is 12.2 Å². The highest BCUT2D eigenvalue weighted by Gasteiger charge is 2.38. The number of nitrogens with zero attached hydrogens (tertiary/aromatic N) is 1. The Morgan fingerprint density at radius 1 is 1.39 bits per heavy atom. The van der Waals surface area contributed by atoms with Crippen molar-refractivity contribution in [1.29, 1.82) is 0 Å². The van der Waals surface area contributed by atoms with E-state index < -0.39 is 18.8 Å². The van der Waals surface area contributed by atoms with Crippen molar-refractivity contribution < 1.29 is 18.0 Å². The van der Waals surface area contributed by atoms with Gasteiger partial charge in [-0.15, -0.1) is 0 Å². The molecule has 0 bridgehead atoms. The van der Waals surface area contributed by atoms with E-state index in [4.69, 9.17) is 0 Å². The van der Waals surface area contributed by atoms with Gasteiger partial charge in [0, 0.05) is 12.1 Å². The van der Waals surface area contributed by atoms with Crippen molar-refractivity contribution in [3.63, 3.8) is 0 Å². The standard InChI is InChI=1S/C12H21F3N2O/c1-4-8(2)9(3)17(10-5-6-10)11(18)16-7-12(13,14)15/h8-10H,4-7H2,1-3H3,(H,16,18). The molecule has 1 aliphatic carbocycles. The lowest BCUT2D eigenvalue weighted by Crippen LogP contribution is -2.50. The van der Waals surface area contributed by atoms with E-state index in [2.05, 4.69) is 0 Å². The molecule has 0 aromatic rings. The van der Waals surface area contributed by atoms with E-state index in [0.717, 1.165) is 19.3 Å². The molecule has 2 atom stereocenters. The number of carbonyl (C=O) groups is 1. The number of urea groups is 1. The molecule has 1 rings (SSSR count). The third-order valence-corrected chi connectivity index (χ3v) is 3.52. The third-order valence-electron chi connectivity index (χ3n) is 3.52. The summed E-state index contributed by atoms with van der Waals surface area (Å²) in [5.41, 5.74) is 0. The molecule has 0 spiro atoms. The summed E-state index contributed by atoms with van der Waals surface area (Å²) in [5.74, 6) is 0.280. The molecule has 0 aromatic heterocycles. The lowest BCUT2D eigenvalue weighted by Gasteiger charge is -2.33. The first-order chi connectivity index (χ1) is 8.26. The third kappa shape index (κ3) is 4.38. The Kier molecular flexibility index (Phi) is 4.87. The maximum absolute atomic E-state index is 12.1. The molecule has 6 heteroatoms. The molecule has 1 aliphatic rings. The topological polar surface area (TPSA) is 32.3 Å². The number of halogens is 3. The zero-order valence-corrected chi connectivity index (χ0v) is 11.0. The average molecular weight is 266 g/mol.